The third-order valence-electron chi connectivity index (χ3n) is 0.632. The molecule has 0 aromatic rings. The average Bonchev–Trinajstić information content (AvgIpc) is 1.68. The van der Waals surface area contributed by atoms with Crippen LogP contribution in [0.2, 0.25) is 5.82 Å². The quantitative estimate of drug-likeness (QED) is 0.385. The van der Waals surface area contributed by atoms with Crippen LogP contribution in [0.15, 0.2) is 0 Å². The summed E-state index contributed by atoms with van der Waals surface area (Å²) < 4.78 is 0. The highest BCUT2D eigenvalue weighted by atomic mass is 14.9. The molecule has 0 N–H and O–H groups in total. The predicted octanol–water partition coefficient (Wildman–Crippen LogP) is 0.650. The van der Waals surface area contributed by atoms with Crippen molar-refractivity contribution in [3.05, 3.63) is 9.95 Å². The second-order valence-electron chi connectivity index (χ2n) is 1.41. The molecule has 0 saturated carbocycles. The fraction of sp³-hybridized carbons (Fsp3) is 1.00. The summed E-state index contributed by atoms with van der Waals surface area (Å²) in [5, 5.41) is 15.8. The molecule has 0 rings (SSSR count). The summed E-state index contributed by atoms with van der Waals surface area (Å²) in [4.78, 5) is 5.52. The van der Waals surface area contributed by atoms with Crippen molar-refractivity contribution in [2.75, 3.05) is 13.1 Å². The van der Waals surface area contributed by atoms with Crippen LogP contribution in [0.3, 0.4) is 0 Å². The maximum Gasteiger partial charge on any atom is 0.308 e. The van der Waals surface area contributed by atoms with Gasteiger partial charge in [-0.25, -0.2) is 0 Å². The van der Waals surface area contributed by atoms with Crippen LogP contribution in [0.4, 0.5) is 0 Å². The Morgan fingerprint density at radius 3 is 1.88 bits per heavy atom. The zero-order chi connectivity index (χ0) is 6.41. The molecule has 0 unspecified atom stereocenters. The van der Waals surface area contributed by atoms with Crippen molar-refractivity contribution in [2.45, 2.75) is 5.82 Å². The lowest BCUT2D eigenvalue weighted by Crippen LogP contribution is -1.97. The van der Waals surface area contributed by atoms with Gasteiger partial charge in [0.15, 0.2) is 0 Å². The summed E-state index contributed by atoms with van der Waals surface area (Å²) >= 11 is 0. The van der Waals surface area contributed by atoms with Crippen molar-refractivity contribution in [2.24, 2.45) is 0 Å². The first kappa shape index (κ1) is 6.90. The van der Waals surface area contributed by atoms with Crippen molar-refractivity contribution in [3.8, 4) is 0 Å². The Morgan fingerprint density at radius 1 is 1.25 bits per heavy atom. The fourth-order valence-corrected chi connectivity index (χ4v) is 0.267. The lowest BCUT2D eigenvalue weighted by Gasteiger charge is -1.78. The third kappa shape index (κ3) is 3.11. The van der Waals surface area contributed by atoms with Gasteiger partial charge in [0.25, 0.3) is 0 Å². The van der Waals surface area contributed by atoms with Crippen LogP contribution in [0.25, 0.3) is 9.95 Å². The second kappa shape index (κ2) is 4.07. The van der Waals surface area contributed by atoms with E-state index in [-0.39, 0.29) is 18.9 Å². The Hall–Kier alpha value is -1.10. The van der Waals surface area contributed by atoms with Crippen molar-refractivity contribution in [1.82, 2.24) is 0 Å². The van der Waals surface area contributed by atoms with Crippen LogP contribution in [0.1, 0.15) is 0 Å². The van der Waals surface area contributed by atoms with E-state index in [0.717, 1.165) is 0 Å². The van der Waals surface area contributed by atoms with E-state index in [9.17, 15) is 0 Å². The first-order valence-electron chi connectivity index (χ1n) is 2.18. The maximum absolute atomic E-state index is 7.88. The van der Waals surface area contributed by atoms with Gasteiger partial charge in [-0.2, -0.15) is 0 Å². The largest absolute Gasteiger partial charge is 0.308 e. The Morgan fingerprint density at radius 2 is 1.62 bits per heavy atom. The van der Waals surface area contributed by atoms with Gasteiger partial charge in [0.1, 0.15) is 9.95 Å². The zero-order valence-electron chi connectivity index (χ0n) is 4.36. The van der Waals surface area contributed by atoms with Crippen LogP contribution in [-0.2, 0) is 0 Å². The first-order valence-corrected chi connectivity index (χ1v) is 2.18. The molecule has 4 nitrogen and oxygen atoms in total. The third-order valence-corrected chi connectivity index (χ3v) is 0.632. The summed E-state index contributed by atoms with van der Waals surface area (Å²) in [5.74, 6) is -0.370. The fourth-order valence-electron chi connectivity index (χ4n) is 0.267. The Bertz CT molecular complexity index is 115. The molecular formula is C3H5BN4+2. The molecule has 5 heteroatoms. The first-order chi connectivity index (χ1) is 3.81. The van der Waals surface area contributed by atoms with Crippen molar-refractivity contribution >= 4 is 7.85 Å². The number of hydrogen-bond donors (Lipinski definition) is 0. The van der Waals surface area contributed by atoms with E-state index < -0.39 is 0 Å². The Balaban J connectivity index is 3.25. The van der Waals surface area contributed by atoms with Gasteiger partial charge in [-0.15, -0.1) is 0 Å². The van der Waals surface area contributed by atoms with Crippen molar-refractivity contribution < 1.29 is 0 Å². The molecule has 0 aliphatic rings. The van der Waals surface area contributed by atoms with Gasteiger partial charge in [-0.05, 0) is 0 Å². The smallest absolute Gasteiger partial charge is 0.0807 e. The van der Waals surface area contributed by atoms with Crippen molar-refractivity contribution in [1.29, 1.82) is 10.8 Å². The molecule has 0 spiro atoms. The van der Waals surface area contributed by atoms with Crippen LogP contribution >= 0.6 is 0 Å². The maximum atomic E-state index is 7.88. The average molecular weight is 108 g/mol. The van der Waals surface area contributed by atoms with Crippen molar-refractivity contribution in [3.63, 3.8) is 0 Å². The zero-order valence-corrected chi connectivity index (χ0v) is 4.36. The lowest BCUT2D eigenvalue weighted by atomic mass is 9.88. The molecule has 0 aromatic heterocycles. The van der Waals surface area contributed by atoms with E-state index in [1.54, 1.807) is 0 Å². The molecule has 0 saturated heterocycles. The highest BCUT2D eigenvalue weighted by Gasteiger charge is 2.13. The summed E-state index contributed by atoms with van der Waals surface area (Å²) in [7, 11) is 5.19. The van der Waals surface area contributed by atoms with Gasteiger partial charge in [-0.3, -0.25) is 0 Å². The van der Waals surface area contributed by atoms with Gasteiger partial charge in [-0.1, -0.05) is 0 Å². The molecule has 0 fully saturated rings. The van der Waals surface area contributed by atoms with Gasteiger partial charge in [0.2, 0.25) is 10.8 Å². The van der Waals surface area contributed by atoms with Gasteiger partial charge in [0.05, 0.1) is 13.7 Å². The molecule has 0 aliphatic heterocycles. The summed E-state index contributed by atoms with van der Waals surface area (Å²) in [6.45, 7) is 0.230. The van der Waals surface area contributed by atoms with Gasteiger partial charge < -0.3 is 0 Å². The molecule has 0 bridgehead atoms. The number of hydrogen-bond acceptors (Lipinski definition) is 2. The summed E-state index contributed by atoms with van der Waals surface area (Å²) in [6.07, 6.45) is 0. The molecule has 0 aliphatic carbocycles. The standard InChI is InChI=1S/C3H5BN4/c4-3(1-7-5)2-8-6/h3H,1-2H2/q+2. The Labute approximate surface area is 48.5 Å². The molecule has 2 radical (unpaired) electrons. The Kier molecular flexibility index (Phi) is 3.52. The predicted molar refractivity (Wildman–Crippen MR) is 29.4 cm³/mol. The van der Waals surface area contributed by atoms with Gasteiger partial charge >= 0.3 is 13.1 Å². The monoisotopic (exact) mass is 108 g/mol. The molecule has 0 amide bonds. The number of nitrogens with zero attached hydrogens (tertiary/aromatic N) is 4. The van der Waals surface area contributed by atoms with Gasteiger partial charge in [0, 0.05) is 0 Å². The second-order valence-corrected chi connectivity index (χ2v) is 1.41. The molecule has 8 heavy (non-hydrogen) atoms. The highest BCUT2D eigenvalue weighted by Crippen LogP contribution is 1.97. The summed E-state index contributed by atoms with van der Waals surface area (Å²) in [5.41, 5.74) is 0. The topological polar surface area (TPSA) is 56.3 Å². The molecule has 0 heterocycles. The van der Waals surface area contributed by atoms with E-state index in [4.69, 9.17) is 18.6 Å². The molecule has 38 valence electrons. The van der Waals surface area contributed by atoms with Crippen LogP contribution < -0.4 is 0 Å². The van der Waals surface area contributed by atoms with E-state index in [1.165, 1.54) is 0 Å². The minimum Gasteiger partial charge on any atom is 0.0807 e. The lowest BCUT2D eigenvalue weighted by molar-refractivity contribution is 0.949. The van der Waals surface area contributed by atoms with E-state index in [2.05, 4.69) is 9.95 Å². The van der Waals surface area contributed by atoms with E-state index >= 15 is 0 Å². The number of rotatable bonds is 2. The van der Waals surface area contributed by atoms with Crippen LogP contribution in [-0.4, -0.2) is 20.9 Å². The van der Waals surface area contributed by atoms with E-state index in [0.29, 0.717) is 0 Å². The SMILES string of the molecule is [B]C(C[N+]#N)C[N+]#N. The normalized spacial score (nSPS) is 7.88. The van der Waals surface area contributed by atoms with Crippen LogP contribution in [0.5, 0.6) is 0 Å². The van der Waals surface area contributed by atoms with Crippen LogP contribution in [0, 0.1) is 10.8 Å². The minimum absolute atomic E-state index is 0.115. The van der Waals surface area contributed by atoms with E-state index in [1.807, 2.05) is 0 Å². The number of diazo groups is 2. The summed E-state index contributed by atoms with van der Waals surface area (Å²) in [6, 6.07) is 0. The molecule has 0 aromatic carbocycles. The highest BCUT2D eigenvalue weighted by molar-refractivity contribution is 6.12. The minimum atomic E-state index is -0.370. The molecular weight excluding hydrogens is 103 g/mol. The molecule has 0 atom stereocenters.